The van der Waals surface area contributed by atoms with Crippen LogP contribution in [0.5, 0.6) is 0 Å². The van der Waals surface area contributed by atoms with Crippen LogP contribution < -0.4 is 0 Å². The zero-order valence-electron chi connectivity index (χ0n) is 19.6. The van der Waals surface area contributed by atoms with Crippen molar-refractivity contribution in [2.24, 2.45) is 5.41 Å². The third-order valence-electron chi connectivity index (χ3n) is 5.73. The number of rotatable bonds is 10. The number of aliphatic hydroxyl groups excluding tert-OH is 2. The molecule has 1 saturated heterocycles. The molecule has 0 aromatic heterocycles. The Morgan fingerprint density at radius 1 is 0.971 bits per heavy atom. The third-order valence-corrected chi connectivity index (χ3v) is 5.73. The minimum atomic E-state index is -1.43. The van der Waals surface area contributed by atoms with Gasteiger partial charge in [0.05, 0.1) is 23.8 Å². The quantitative estimate of drug-likeness (QED) is 0.370. The number of amides is 4. The molecule has 0 spiro atoms. The number of nitrogens with zero attached hydrogens (tertiary/aromatic N) is 2. The van der Waals surface area contributed by atoms with E-state index in [1.165, 1.54) is 38.2 Å². The van der Waals surface area contributed by atoms with Gasteiger partial charge in [-0.2, -0.15) is 0 Å². The first-order valence-electron chi connectivity index (χ1n) is 10.9. The van der Waals surface area contributed by atoms with E-state index in [2.05, 4.69) is 0 Å². The Hall–Kier alpha value is -3.31. The first kappa shape index (κ1) is 26.9. The van der Waals surface area contributed by atoms with E-state index in [1.54, 1.807) is 13.8 Å². The number of hydrogen-bond donors (Lipinski definition) is 2. The van der Waals surface area contributed by atoms with Crippen molar-refractivity contribution in [2.75, 3.05) is 26.8 Å². The average Bonchev–Trinajstić information content (AvgIpc) is 2.85. The summed E-state index contributed by atoms with van der Waals surface area (Å²) in [4.78, 5) is 63.5. The zero-order valence-corrected chi connectivity index (χ0v) is 19.6. The van der Waals surface area contributed by atoms with Gasteiger partial charge >= 0.3 is 18.0 Å². The fraction of sp³-hybridized carbons (Fsp3) is 0.522. The van der Waals surface area contributed by atoms with E-state index in [-0.39, 0.29) is 24.2 Å². The van der Waals surface area contributed by atoms with E-state index in [9.17, 15) is 34.2 Å². The molecule has 1 aromatic carbocycles. The summed E-state index contributed by atoms with van der Waals surface area (Å²) in [5, 5.41) is 19.8. The number of benzene rings is 1. The van der Waals surface area contributed by atoms with Gasteiger partial charge in [-0.05, 0) is 38.0 Å². The van der Waals surface area contributed by atoms with E-state index >= 15 is 0 Å². The molecule has 1 heterocycles. The number of β-amino-alcohol motifs (C(OH)–C–C–N with tert-alkyl or cyclic N) is 1. The molecule has 2 rings (SSSR count). The molecule has 1 aliphatic rings. The molecule has 186 valence electrons. The summed E-state index contributed by atoms with van der Waals surface area (Å²) in [7, 11) is 1.26. The van der Waals surface area contributed by atoms with Gasteiger partial charge in [-0.3, -0.25) is 19.4 Å². The molecule has 1 aromatic rings. The smallest absolute Gasteiger partial charge is 0.338 e. The topological polar surface area (TPSA) is 151 Å². The second kappa shape index (κ2) is 11.2. The number of carbonyl (C=O) groups excluding carboxylic acids is 5. The Balaban J connectivity index is 1.99. The van der Waals surface area contributed by atoms with Crippen LogP contribution >= 0.6 is 0 Å². The summed E-state index contributed by atoms with van der Waals surface area (Å²) in [6.07, 6.45) is -1.60. The maximum atomic E-state index is 12.7. The van der Waals surface area contributed by atoms with E-state index in [1.807, 2.05) is 0 Å². The lowest BCUT2D eigenvalue weighted by atomic mass is 9.82. The number of hydrogen-bond acceptors (Lipinski definition) is 9. The zero-order chi connectivity index (χ0) is 25.6. The Bertz CT molecular complexity index is 964. The van der Waals surface area contributed by atoms with Crippen molar-refractivity contribution in [2.45, 2.75) is 45.8 Å². The van der Waals surface area contributed by atoms with Crippen molar-refractivity contribution in [3.8, 4) is 0 Å². The highest BCUT2D eigenvalue weighted by Crippen LogP contribution is 2.31. The number of esters is 2. The summed E-state index contributed by atoms with van der Waals surface area (Å²) >= 11 is 0. The summed E-state index contributed by atoms with van der Waals surface area (Å²) < 4.78 is 10.0. The van der Waals surface area contributed by atoms with Crippen molar-refractivity contribution >= 4 is 29.8 Å². The minimum absolute atomic E-state index is 0.0201. The molecule has 11 nitrogen and oxygen atoms in total. The van der Waals surface area contributed by atoms with Crippen molar-refractivity contribution in [3.05, 3.63) is 35.4 Å². The summed E-state index contributed by atoms with van der Waals surface area (Å²) in [6.45, 7) is 3.63. The molecule has 1 aliphatic heterocycles. The van der Waals surface area contributed by atoms with Crippen LogP contribution in [0.15, 0.2) is 24.3 Å². The van der Waals surface area contributed by atoms with Crippen LogP contribution in [-0.2, 0) is 19.1 Å². The Morgan fingerprint density at radius 3 is 2.00 bits per heavy atom. The highest BCUT2D eigenvalue weighted by molar-refractivity contribution is 6.18. The van der Waals surface area contributed by atoms with Crippen LogP contribution in [0.1, 0.15) is 54.3 Å². The fourth-order valence-corrected chi connectivity index (χ4v) is 3.24. The Morgan fingerprint density at radius 2 is 1.50 bits per heavy atom. The SMILES string of the molecule is CCC(O)COC(=O)c1cccc(C(=O)OCC(O)CN2C(=O)N(C)C(=O)C(C)(CC)C2=O)c1. The summed E-state index contributed by atoms with van der Waals surface area (Å²) in [6, 6.07) is 4.66. The number of ether oxygens (including phenoxy) is 2. The lowest BCUT2D eigenvalue weighted by Gasteiger charge is -2.41. The number of urea groups is 1. The van der Waals surface area contributed by atoms with E-state index in [4.69, 9.17) is 9.47 Å². The van der Waals surface area contributed by atoms with Crippen molar-refractivity contribution in [1.29, 1.82) is 0 Å². The molecule has 11 heteroatoms. The number of imide groups is 2. The summed E-state index contributed by atoms with van der Waals surface area (Å²) in [5.74, 6) is -2.91. The predicted octanol–water partition coefficient (Wildman–Crippen LogP) is 0.969. The van der Waals surface area contributed by atoms with E-state index in [0.717, 1.165) is 9.80 Å². The van der Waals surface area contributed by atoms with Crippen LogP contribution in [0, 0.1) is 5.41 Å². The first-order chi connectivity index (χ1) is 16.0. The van der Waals surface area contributed by atoms with Gasteiger partial charge in [0, 0.05) is 7.05 Å². The predicted molar refractivity (Wildman–Crippen MR) is 118 cm³/mol. The summed E-state index contributed by atoms with van der Waals surface area (Å²) in [5.41, 5.74) is -1.33. The van der Waals surface area contributed by atoms with Crippen molar-refractivity contribution in [1.82, 2.24) is 9.80 Å². The van der Waals surface area contributed by atoms with Crippen LogP contribution in [0.2, 0.25) is 0 Å². The van der Waals surface area contributed by atoms with Gasteiger partial charge in [0.2, 0.25) is 11.8 Å². The first-order valence-corrected chi connectivity index (χ1v) is 10.9. The van der Waals surface area contributed by atoms with Crippen LogP contribution in [0.3, 0.4) is 0 Å². The van der Waals surface area contributed by atoms with Crippen LogP contribution in [0.4, 0.5) is 4.79 Å². The number of aliphatic hydroxyl groups is 2. The lowest BCUT2D eigenvalue weighted by molar-refractivity contribution is -0.157. The standard InChI is InChI=1S/C23H30N2O9/c1-5-16(26)12-33-18(28)14-8-7-9-15(10-14)19(29)34-13-17(27)11-25-21(31)23(3,6-2)20(30)24(4)22(25)32/h7-10,16-17,26-27H,5-6,11-13H2,1-4H3. The van der Waals surface area contributed by atoms with Gasteiger partial charge in [-0.25, -0.2) is 14.4 Å². The molecule has 0 bridgehead atoms. The maximum absolute atomic E-state index is 12.7. The van der Waals surface area contributed by atoms with Crippen molar-refractivity contribution < 1.29 is 43.7 Å². The second-order valence-electron chi connectivity index (χ2n) is 8.24. The highest BCUT2D eigenvalue weighted by atomic mass is 16.5. The molecule has 0 aliphatic carbocycles. The maximum Gasteiger partial charge on any atom is 0.338 e. The van der Waals surface area contributed by atoms with Gasteiger partial charge in [0.15, 0.2) is 0 Å². The van der Waals surface area contributed by atoms with Gasteiger partial charge in [-0.15, -0.1) is 0 Å². The van der Waals surface area contributed by atoms with Gasteiger partial charge < -0.3 is 19.7 Å². The monoisotopic (exact) mass is 478 g/mol. The molecule has 0 saturated carbocycles. The molecule has 1 fully saturated rings. The lowest BCUT2D eigenvalue weighted by Crippen LogP contribution is -2.64. The molecule has 3 atom stereocenters. The second-order valence-corrected chi connectivity index (χ2v) is 8.24. The average molecular weight is 478 g/mol. The van der Waals surface area contributed by atoms with Gasteiger partial charge in [0.25, 0.3) is 0 Å². The van der Waals surface area contributed by atoms with Crippen LogP contribution in [0.25, 0.3) is 0 Å². The minimum Gasteiger partial charge on any atom is -0.459 e. The van der Waals surface area contributed by atoms with E-state index < -0.39 is 60.6 Å². The normalized spacial score (nSPS) is 20.2. The van der Waals surface area contributed by atoms with Crippen molar-refractivity contribution in [3.63, 3.8) is 0 Å². The molecule has 2 N–H and O–H groups in total. The van der Waals surface area contributed by atoms with Gasteiger partial charge in [0.1, 0.15) is 24.7 Å². The number of barbiturate groups is 1. The molecule has 34 heavy (non-hydrogen) atoms. The molecular weight excluding hydrogens is 448 g/mol. The molecular formula is C23H30N2O9. The highest BCUT2D eigenvalue weighted by Gasteiger charge is 2.52. The molecule has 4 amide bonds. The fourth-order valence-electron chi connectivity index (χ4n) is 3.24. The van der Waals surface area contributed by atoms with Crippen LogP contribution in [-0.4, -0.2) is 88.8 Å². The van der Waals surface area contributed by atoms with E-state index in [0.29, 0.717) is 6.42 Å². The largest absolute Gasteiger partial charge is 0.459 e. The van der Waals surface area contributed by atoms with Gasteiger partial charge in [-0.1, -0.05) is 19.9 Å². The Kier molecular flexibility index (Phi) is 8.88. The third kappa shape index (κ3) is 5.78. The molecule has 0 radical (unpaired) electrons. The molecule has 3 unspecified atom stereocenters. The Labute approximate surface area is 197 Å². The number of carbonyl (C=O) groups is 5.